The Kier molecular flexibility index (Phi) is 2.89. The van der Waals surface area contributed by atoms with Gasteiger partial charge in [0, 0.05) is 17.8 Å². The van der Waals surface area contributed by atoms with E-state index in [2.05, 4.69) is 5.32 Å². The minimum Gasteiger partial charge on any atom is -0.379 e. The second-order valence-corrected chi connectivity index (χ2v) is 4.62. The monoisotopic (exact) mass is 250 g/mol. The average Bonchev–Trinajstić information content (AvgIpc) is 3.23. The number of epoxide rings is 2. The zero-order valence-corrected chi connectivity index (χ0v) is 9.74. The predicted molar refractivity (Wildman–Crippen MR) is 64.6 cm³/mol. The number of nitro groups is 1. The van der Waals surface area contributed by atoms with Crippen molar-refractivity contribution in [2.45, 2.75) is 24.7 Å². The van der Waals surface area contributed by atoms with E-state index in [0.29, 0.717) is 6.10 Å². The first-order valence-electron chi connectivity index (χ1n) is 5.96. The van der Waals surface area contributed by atoms with Crippen LogP contribution < -0.4 is 5.32 Å². The van der Waals surface area contributed by atoms with E-state index in [1.54, 1.807) is 12.1 Å². The van der Waals surface area contributed by atoms with Crippen LogP contribution in [0.15, 0.2) is 24.3 Å². The molecular formula is C12H14N2O4. The lowest BCUT2D eigenvalue weighted by atomic mass is 10.1. The molecule has 1 N–H and O–H groups in total. The van der Waals surface area contributed by atoms with Crippen molar-refractivity contribution < 1.29 is 14.4 Å². The molecule has 2 aliphatic heterocycles. The van der Waals surface area contributed by atoms with Crippen molar-refractivity contribution in [2.24, 2.45) is 0 Å². The molecule has 6 heteroatoms. The number of anilines is 1. The summed E-state index contributed by atoms with van der Waals surface area (Å²) in [6.07, 6.45) is 1.50. The Hall–Kier alpha value is -1.66. The Labute approximate surface area is 104 Å². The highest BCUT2D eigenvalue weighted by molar-refractivity contribution is 5.49. The second-order valence-electron chi connectivity index (χ2n) is 4.62. The third-order valence-corrected chi connectivity index (χ3v) is 3.16. The van der Waals surface area contributed by atoms with Crippen LogP contribution in [0.5, 0.6) is 0 Å². The first-order chi connectivity index (χ1) is 8.72. The lowest BCUT2D eigenvalue weighted by Gasteiger charge is -2.16. The number of nitrogens with zero attached hydrogens (tertiary/aromatic N) is 1. The topological polar surface area (TPSA) is 80.2 Å². The molecule has 0 radical (unpaired) electrons. The third kappa shape index (κ3) is 2.77. The van der Waals surface area contributed by atoms with E-state index < -0.39 is 4.92 Å². The lowest BCUT2D eigenvalue weighted by molar-refractivity contribution is -0.384. The number of nitro benzene ring substituents is 1. The molecule has 3 rings (SSSR count). The molecule has 0 saturated carbocycles. The lowest BCUT2D eigenvalue weighted by Crippen LogP contribution is -2.27. The summed E-state index contributed by atoms with van der Waals surface area (Å²) >= 11 is 0. The number of ether oxygens (including phenoxy) is 2. The van der Waals surface area contributed by atoms with Crippen molar-refractivity contribution in [3.8, 4) is 0 Å². The van der Waals surface area contributed by atoms with Gasteiger partial charge in [0.05, 0.1) is 30.3 Å². The molecule has 18 heavy (non-hydrogen) atoms. The maximum absolute atomic E-state index is 10.6. The minimum absolute atomic E-state index is 0.102. The molecule has 2 heterocycles. The zero-order chi connectivity index (χ0) is 12.5. The molecular weight excluding hydrogens is 236 g/mol. The van der Waals surface area contributed by atoms with Gasteiger partial charge in [-0.1, -0.05) is 0 Å². The predicted octanol–water partition coefficient (Wildman–Crippen LogP) is 1.56. The molecule has 2 aliphatic rings. The van der Waals surface area contributed by atoms with Gasteiger partial charge < -0.3 is 14.8 Å². The zero-order valence-electron chi connectivity index (χ0n) is 9.74. The van der Waals surface area contributed by atoms with Crippen molar-refractivity contribution >= 4 is 11.4 Å². The Bertz CT molecular complexity index is 440. The molecule has 3 atom stereocenters. The van der Waals surface area contributed by atoms with Crippen LogP contribution in [0.2, 0.25) is 0 Å². The highest BCUT2D eigenvalue weighted by Gasteiger charge is 2.37. The van der Waals surface area contributed by atoms with E-state index in [-0.39, 0.29) is 17.8 Å². The first-order valence-corrected chi connectivity index (χ1v) is 5.96. The molecule has 0 spiro atoms. The number of hydrogen-bond donors (Lipinski definition) is 1. The Morgan fingerprint density at radius 3 is 2.50 bits per heavy atom. The van der Waals surface area contributed by atoms with Crippen molar-refractivity contribution in [1.29, 1.82) is 0 Å². The van der Waals surface area contributed by atoms with E-state index in [1.165, 1.54) is 12.1 Å². The van der Waals surface area contributed by atoms with Gasteiger partial charge in [-0.25, -0.2) is 0 Å². The SMILES string of the molecule is O=[N+]([O-])c1ccc(NC(CC2CO2)C2CO2)cc1. The molecule has 96 valence electrons. The molecule has 0 aromatic heterocycles. The van der Waals surface area contributed by atoms with Gasteiger partial charge in [0.15, 0.2) is 0 Å². The number of benzene rings is 1. The van der Waals surface area contributed by atoms with Gasteiger partial charge in [-0.15, -0.1) is 0 Å². The van der Waals surface area contributed by atoms with Crippen LogP contribution in [0, 0.1) is 10.1 Å². The summed E-state index contributed by atoms with van der Waals surface area (Å²) in [5.74, 6) is 0. The summed E-state index contributed by atoms with van der Waals surface area (Å²) in [6, 6.07) is 6.67. The van der Waals surface area contributed by atoms with Gasteiger partial charge in [-0.3, -0.25) is 10.1 Å². The standard InChI is InChI=1S/C12H14N2O4/c15-14(16)9-3-1-8(2-4-9)13-11(12-7-18-12)5-10-6-17-10/h1-4,10-13H,5-7H2. The van der Waals surface area contributed by atoms with Crippen molar-refractivity contribution in [2.75, 3.05) is 18.5 Å². The molecule has 2 fully saturated rings. The second kappa shape index (κ2) is 4.55. The van der Waals surface area contributed by atoms with E-state index in [0.717, 1.165) is 25.3 Å². The average molecular weight is 250 g/mol. The number of rotatable bonds is 6. The quantitative estimate of drug-likeness (QED) is 0.471. The number of non-ortho nitro benzene ring substituents is 1. The van der Waals surface area contributed by atoms with Crippen LogP contribution in [0.3, 0.4) is 0 Å². The van der Waals surface area contributed by atoms with E-state index in [4.69, 9.17) is 9.47 Å². The third-order valence-electron chi connectivity index (χ3n) is 3.16. The normalized spacial score (nSPS) is 26.4. The fourth-order valence-electron chi connectivity index (χ4n) is 1.97. The molecule has 1 aromatic rings. The van der Waals surface area contributed by atoms with Crippen molar-refractivity contribution in [1.82, 2.24) is 0 Å². The summed E-state index contributed by atoms with van der Waals surface area (Å²) < 4.78 is 10.5. The summed E-state index contributed by atoms with van der Waals surface area (Å²) in [6.45, 7) is 1.60. The highest BCUT2D eigenvalue weighted by atomic mass is 16.6. The van der Waals surface area contributed by atoms with Gasteiger partial charge in [0.1, 0.15) is 6.10 Å². The van der Waals surface area contributed by atoms with Gasteiger partial charge in [0.2, 0.25) is 0 Å². The van der Waals surface area contributed by atoms with Crippen LogP contribution >= 0.6 is 0 Å². The highest BCUT2D eigenvalue weighted by Crippen LogP contribution is 2.27. The van der Waals surface area contributed by atoms with Crippen LogP contribution in [-0.2, 0) is 9.47 Å². The Balaban J connectivity index is 1.63. The Morgan fingerprint density at radius 2 is 2.00 bits per heavy atom. The molecule has 0 aliphatic carbocycles. The fourth-order valence-corrected chi connectivity index (χ4v) is 1.97. The number of nitrogens with one attached hydrogen (secondary N) is 1. The van der Waals surface area contributed by atoms with Crippen LogP contribution in [-0.4, -0.2) is 36.4 Å². The van der Waals surface area contributed by atoms with Crippen LogP contribution in [0.25, 0.3) is 0 Å². The van der Waals surface area contributed by atoms with Gasteiger partial charge in [0.25, 0.3) is 5.69 Å². The van der Waals surface area contributed by atoms with Crippen LogP contribution in [0.4, 0.5) is 11.4 Å². The van der Waals surface area contributed by atoms with Gasteiger partial charge in [-0.05, 0) is 18.6 Å². The maximum atomic E-state index is 10.6. The minimum atomic E-state index is -0.400. The van der Waals surface area contributed by atoms with Crippen molar-refractivity contribution in [3.63, 3.8) is 0 Å². The van der Waals surface area contributed by atoms with E-state index in [9.17, 15) is 10.1 Å². The van der Waals surface area contributed by atoms with E-state index >= 15 is 0 Å². The summed E-state index contributed by atoms with van der Waals surface area (Å²) in [5.41, 5.74) is 0.979. The molecule has 0 amide bonds. The summed E-state index contributed by atoms with van der Waals surface area (Å²) in [5, 5.41) is 13.9. The molecule has 3 unspecified atom stereocenters. The van der Waals surface area contributed by atoms with E-state index in [1.807, 2.05) is 0 Å². The Morgan fingerprint density at radius 1 is 1.33 bits per heavy atom. The van der Waals surface area contributed by atoms with Crippen LogP contribution in [0.1, 0.15) is 6.42 Å². The summed E-state index contributed by atoms with van der Waals surface area (Å²) in [4.78, 5) is 10.2. The molecule has 1 aromatic carbocycles. The maximum Gasteiger partial charge on any atom is 0.269 e. The molecule has 0 bridgehead atoms. The first kappa shape index (κ1) is 11.4. The smallest absolute Gasteiger partial charge is 0.269 e. The van der Waals surface area contributed by atoms with Crippen molar-refractivity contribution in [3.05, 3.63) is 34.4 Å². The fraction of sp³-hybridized carbons (Fsp3) is 0.500. The largest absolute Gasteiger partial charge is 0.379 e. The number of hydrogen-bond acceptors (Lipinski definition) is 5. The summed E-state index contributed by atoms with van der Waals surface area (Å²) in [7, 11) is 0. The van der Waals surface area contributed by atoms with Gasteiger partial charge in [-0.2, -0.15) is 0 Å². The van der Waals surface area contributed by atoms with Gasteiger partial charge >= 0.3 is 0 Å². The molecule has 2 saturated heterocycles. The molecule has 6 nitrogen and oxygen atoms in total.